The van der Waals surface area contributed by atoms with Crippen molar-refractivity contribution in [3.05, 3.63) is 70.1 Å². The Bertz CT molecular complexity index is 865. The Morgan fingerprint density at radius 2 is 1.76 bits per heavy atom. The number of aryl methyl sites for hydroxylation is 1. The van der Waals surface area contributed by atoms with E-state index in [2.05, 4.69) is 67.6 Å². The first-order valence-electron chi connectivity index (χ1n) is 9.39. The third-order valence-corrected chi connectivity index (χ3v) is 5.42. The van der Waals surface area contributed by atoms with Gasteiger partial charge in [0.05, 0.1) is 0 Å². The van der Waals surface area contributed by atoms with Crippen molar-refractivity contribution in [2.45, 2.75) is 45.4 Å². The third-order valence-electron chi connectivity index (χ3n) is 5.42. The molecule has 2 aromatic carbocycles. The van der Waals surface area contributed by atoms with Crippen LogP contribution >= 0.6 is 0 Å². The Hall–Kier alpha value is -1.20. The fraction of sp³-hybridized carbons (Fsp3) is 0.333. The Kier molecular flexibility index (Phi) is 6.29. The van der Waals surface area contributed by atoms with Gasteiger partial charge in [0, 0.05) is 26.2 Å². The van der Waals surface area contributed by atoms with E-state index in [1.165, 1.54) is 64.8 Å². The number of allylic oxidation sites excluding steroid dienone is 2. The number of fused-ring (bicyclic) bond motifs is 1. The molecule has 0 radical (unpaired) electrons. The molecule has 1 heteroatoms. The van der Waals surface area contributed by atoms with Gasteiger partial charge < -0.3 is 0 Å². The monoisotopic (exact) mass is 403 g/mol. The molecule has 25 heavy (non-hydrogen) atoms. The third kappa shape index (κ3) is 4.14. The normalized spacial score (nSPS) is 18.2. The van der Waals surface area contributed by atoms with Gasteiger partial charge in [-0.3, -0.25) is 0 Å². The van der Waals surface area contributed by atoms with Crippen LogP contribution in [0.3, 0.4) is 0 Å². The molecule has 0 nitrogen and oxygen atoms in total. The van der Waals surface area contributed by atoms with Gasteiger partial charge in [-0.25, -0.2) is 0 Å². The molecule has 1 saturated carbocycles. The Morgan fingerprint density at radius 1 is 1.00 bits per heavy atom. The van der Waals surface area contributed by atoms with Crippen LogP contribution in [0.25, 0.3) is 23.3 Å². The number of hydrogen-bond acceptors (Lipinski definition) is 0. The second kappa shape index (κ2) is 8.46. The summed E-state index contributed by atoms with van der Waals surface area (Å²) in [7, 11) is 0. The summed E-state index contributed by atoms with van der Waals surface area (Å²) in [6.07, 6.45) is 16.4. The number of rotatable bonds is 3. The minimum atomic E-state index is 0. The standard InChI is InChI=1S/C24H25.Zr/c1-2-18-11-13-21(14-12-18)23-10-6-9-22-16-20(17-24(22)23)15-19-7-4-3-5-8-19;/h6,9-15,17,19H,2-5,7-8H2,1H3;/q-1;. The van der Waals surface area contributed by atoms with Crippen molar-refractivity contribution in [3.8, 4) is 11.1 Å². The zero-order chi connectivity index (χ0) is 16.4. The summed E-state index contributed by atoms with van der Waals surface area (Å²) in [5.41, 5.74) is 5.32. The molecular weight excluding hydrogens is 379 g/mol. The van der Waals surface area contributed by atoms with Crippen LogP contribution in [0.15, 0.2) is 54.1 Å². The predicted octanol–water partition coefficient (Wildman–Crippen LogP) is 4.87. The Balaban J connectivity index is 0.00000182. The Morgan fingerprint density at radius 3 is 2.48 bits per heavy atom. The van der Waals surface area contributed by atoms with Gasteiger partial charge in [0.2, 0.25) is 0 Å². The molecule has 2 aliphatic carbocycles. The first-order chi connectivity index (χ1) is 11.8. The van der Waals surface area contributed by atoms with Crippen LogP contribution in [-0.4, -0.2) is 0 Å². The van der Waals surface area contributed by atoms with Gasteiger partial charge in [0.25, 0.3) is 0 Å². The Labute approximate surface area is 170 Å². The van der Waals surface area contributed by atoms with Crippen LogP contribution in [0.5, 0.6) is 0 Å². The first-order valence-corrected chi connectivity index (χ1v) is 9.39. The maximum absolute atomic E-state index is 3.62. The maximum Gasteiger partial charge on any atom is 0 e. The smallest absolute Gasteiger partial charge is 0 e. The van der Waals surface area contributed by atoms with Crippen LogP contribution in [0.2, 0.25) is 0 Å². The fourth-order valence-electron chi connectivity index (χ4n) is 3.99. The van der Waals surface area contributed by atoms with E-state index in [1.54, 1.807) is 0 Å². The molecule has 0 amide bonds. The minimum absolute atomic E-state index is 0. The van der Waals surface area contributed by atoms with Gasteiger partial charge in [-0.05, 0) is 23.5 Å². The minimum Gasteiger partial charge on any atom is -0.145 e. The van der Waals surface area contributed by atoms with Crippen LogP contribution in [-0.2, 0) is 32.6 Å². The summed E-state index contributed by atoms with van der Waals surface area (Å²) in [5, 5.41) is 2.58. The van der Waals surface area contributed by atoms with Crippen LogP contribution in [0.4, 0.5) is 0 Å². The van der Waals surface area contributed by atoms with Gasteiger partial charge >= 0.3 is 0 Å². The van der Waals surface area contributed by atoms with Crippen molar-refractivity contribution >= 4 is 12.2 Å². The van der Waals surface area contributed by atoms with Gasteiger partial charge in [0.15, 0.2) is 0 Å². The maximum atomic E-state index is 3.62. The fourth-order valence-corrected chi connectivity index (χ4v) is 3.99. The van der Waals surface area contributed by atoms with E-state index in [1.807, 2.05) is 0 Å². The van der Waals surface area contributed by atoms with Crippen LogP contribution in [0.1, 0.15) is 44.6 Å². The molecule has 4 rings (SSSR count). The van der Waals surface area contributed by atoms with E-state index in [9.17, 15) is 0 Å². The summed E-state index contributed by atoms with van der Waals surface area (Å²) < 4.78 is 0. The van der Waals surface area contributed by atoms with Crippen LogP contribution in [0, 0.1) is 5.92 Å². The number of hydrogen-bond donors (Lipinski definition) is 0. The van der Waals surface area contributed by atoms with Crippen molar-refractivity contribution in [1.82, 2.24) is 0 Å². The average Bonchev–Trinajstić information content (AvgIpc) is 3.05. The van der Waals surface area contributed by atoms with Gasteiger partial charge in [-0.15, -0.1) is 40.3 Å². The van der Waals surface area contributed by atoms with E-state index >= 15 is 0 Å². The van der Waals surface area contributed by atoms with E-state index < -0.39 is 0 Å². The first kappa shape index (κ1) is 18.6. The second-order valence-corrected chi connectivity index (χ2v) is 7.11. The molecule has 0 aliphatic heterocycles. The molecule has 126 valence electrons. The quantitative estimate of drug-likeness (QED) is 0.640. The topological polar surface area (TPSA) is 0 Å². The van der Waals surface area contributed by atoms with Crippen molar-refractivity contribution in [2.24, 2.45) is 5.92 Å². The second-order valence-electron chi connectivity index (χ2n) is 7.11. The molecule has 0 spiro atoms. The molecule has 2 aromatic rings. The van der Waals surface area contributed by atoms with Crippen molar-refractivity contribution < 1.29 is 26.2 Å². The molecule has 0 heterocycles. The van der Waals surface area contributed by atoms with E-state index in [-0.39, 0.29) is 26.2 Å². The molecule has 0 N–H and O–H groups in total. The summed E-state index contributed by atoms with van der Waals surface area (Å²) in [4.78, 5) is 0. The van der Waals surface area contributed by atoms with E-state index in [0.717, 1.165) is 12.3 Å². The summed E-state index contributed by atoms with van der Waals surface area (Å²) in [6.45, 7) is 2.20. The molecule has 0 saturated heterocycles. The van der Waals surface area contributed by atoms with E-state index in [4.69, 9.17) is 0 Å². The predicted molar refractivity (Wildman–Crippen MR) is 103 cm³/mol. The molecular formula is C24H25Zr-. The van der Waals surface area contributed by atoms with E-state index in [0.29, 0.717) is 0 Å². The zero-order valence-corrected chi connectivity index (χ0v) is 17.5. The molecule has 0 aromatic heterocycles. The van der Waals surface area contributed by atoms with Gasteiger partial charge in [0.1, 0.15) is 0 Å². The molecule has 0 unspecified atom stereocenters. The van der Waals surface area contributed by atoms with Gasteiger partial charge in [-0.1, -0.05) is 81.0 Å². The summed E-state index contributed by atoms with van der Waals surface area (Å²) >= 11 is 0. The van der Waals surface area contributed by atoms with Crippen molar-refractivity contribution in [1.29, 1.82) is 0 Å². The molecule has 0 atom stereocenters. The number of benzene rings is 2. The zero-order valence-electron chi connectivity index (χ0n) is 15.0. The van der Waals surface area contributed by atoms with Crippen molar-refractivity contribution in [3.63, 3.8) is 0 Å². The van der Waals surface area contributed by atoms with Gasteiger partial charge in [-0.2, -0.15) is 0 Å². The van der Waals surface area contributed by atoms with Crippen molar-refractivity contribution in [2.75, 3.05) is 0 Å². The average molecular weight is 405 g/mol. The molecule has 1 fully saturated rings. The summed E-state index contributed by atoms with van der Waals surface area (Å²) in [6, 6.07) is 15.6. The molecule has 0 bridgehead atoms. The molecule has 2 aliphatic rings. The summed E-state index contributed by atoms with van der Waals surface area (Å²) in [5.74, 6) is 0.749. The van der Waals surface area contributed by atoms with Crippen LogP contribution < -0.4 is 10.4 Å². The largest absolute Gasteiger partial charge is 0.145 e. The SMILES string of the molecule is CCc1ccc(-c2cccc3c2=CC(=CC2CCCCC2)[C-]=3)cc1.[Zr].